The number of pyridine rings is 1. The Morgan fingerprint density at radius 1 is 1.50 bits per heavy atom. The number of halogens is 1. The molecule has 0 aliphatic heterocycles. The maximum absolute atomic E-state index is 11.5. The van der Waals surface area contributed by atoms with Crippen LogP contribution in [0, 0.1) is 0 Å². The van der Waals surface area contributed by atoms with Crippen LogP contribution in [0.25, 0.3) is 0 Å². The van der Waals surface area contributed by atoms with Crippen molar-refractivity contribution in [3.63, 3.8) is 0 Å². The van der Waals surface area contributed by atoms with E-state index in [1.54, 1.807) is 6.07 Å². The molecule has 1 aromatic heterocycles. The molecule has 0 saturated carbocycles. The first kappa shape index (κ1) is 12.6. The Hall–Kier alpha value is -1.47. The summed E-state index contributed by atoms with van der Waals surface area (Å²) in [6.45, 7) is -0.662. The predicted octanol–water partition coefficient (Wildman–Crippen LogP) is 0.0194. The number of rotatable bonds is 4. The number of amides is 1. The lowest BCUT2D eigenvalue weighted by Gasteiger charge is -2.11. The Labute approximate surface area is 99.4 Å². The summed E-state index contributed by atoms with van der Waals surface area (Å²) in [4.78, 5) is 25.9. The van der Waals surface area contributed by atoms with Crippen molar-refractivity contribution < 1.29 is 19.8 Å². The van der Waals surface area contributed by atoms with Crippen molar-refractivity contribution in [2.45, 2.75) is 6.04 Å². The van der Waals surface area contributed by atoms with E-state index in [0.717, 1.165) is 0 Å². The van der Waals surface area contributed by atoms with E-state index in [9.17, 15) is 9.59 Å². The number of aromatic nitrogens is 1. The third-order valence-corrected chi connectivity index (χ3v) is 2.24. The van der Waals surface area contributed by atoms with Crippen LogP contribution in [0.2, 0.25) is 0 Å². The highest BCUT2D eigenvalue weighted by Crippen LogP contribution is 2.06. The van der Waals surface area contributed by atoms with Crippen molar-refractivity contribution in [3.05, 3.63) is 28.5 Å². The summed E-state index contributed by atoms with van der Waals surface area (Å²) >= 11 is 3.11. The van der Waals surface area contributed by atoms with E-state index in [1.165, 1.54) is 12.3 Å². The van der Waals surface area contributed by atoms with Crippen LogP contribution < -0.4 is 5.32 Å². The molecule has 0 bridgehead atoms. The molecule has 7 heteroatoms. The second-order valence-corrected chi connectivity index (χ2v) is 3.73. The maximum atomic E-state index is 11.5. The Morgan fingerprint density at radius 3 is 2.62 bits per heavy atom. The van der Waals surface area contributed by atoms with Gasteiger partial charge in [0.25, 0.3) is 5.91 Å². The first-order valence-corrected chi connectivity index (χ1v) is 5.10. The molecule has 0 spiro atoms. The summed E-state index contributed by atoms with van der Waals surface area (Å²) in [6.07, 6.45) is 1.30. The minimum Gasteiger partial charge on any atom is -0.480 e. The number of aliphatic hydroxyl groups excluding tert-OH is 1. The lowest BCUT2D eigenvalue weighted by Crippen LogP contribution is -2.43. The zero-order valence-corrected chi connectivity index (χ0v) is 9.64. The van der Waals surface area contributed by atoms with Crippen LogP contribution in [0.5, 0.6) is 0 Å². The number of carbonyl (C=O) groups is 2. The van der Waals surface area contributed by atoms with Gasteiger partial charge in [0.2, 0.25) is 0 Å². The molecule has 0 aliphatic carbocycles. The zero-order chi connectivity index (χ0) is 12.1. The minimum absolute atomic E-state index is 0.225. The second-order valence-electron chi connectivity index (χ2n) is 2.92. The van der Waals surface area contributed by atoms with E-state index in [4.69, 9.17) is 10.2 Å². The highest BCUT2D eigenvalue weighted by Gasteiger charge is 2.19. The number of carbonyl (C=O) groups excluding carboxylic acids is 1. The van der Waals surface area contributed by atoms with E-state index in [-0.39, 0.29) is 5.56 Å². The monoisotopic (exact) mass is 288 g/mol. The molecule has 0 radical (unpaired) electrons. The SMILES string of the molecule is O=C(N[C@@H](CO)C(=O)O)c1ccc(Br)nc1. The number of carboxylic acids is 1. The summed E-state index contributed by atoms with van der Waals surface area (Å²) in [5.41, 5.74) is 0.225. The molecule has 1 heterocycles. The Bertz CT molecular complexity index is 393. The number of aliphatic carboxylic acids is 1. The molecular formula is C9H9BrN2O4. The average Bonchev–Trinajstić information content (AvgIpc) is 2.26. The molecule has 1 aromatic rings. The molecule has 0 aromatic carbocycles. The number of carboxylic acid groups (broad SMARTS) is 1. The van der Waals surface area contributed by atoms with Gasteiger partial charge in [0.1, 0.15) is 4.60 Å². The molecule has 1 atom stereocenters. The summed E-state index contributed by atoms with van der Waals surface area (Å²) in [5, 5.41) is 19.5. The third kappa shape index (κ3) is 3.28. The summed E-state index contributed by atoms with van der Waals surface area (Å²) in [5.74, 6) is -1.89. The van der Waals surface area contributed by atoms with Crippen LogP contribution >= 0.6 is 15.9 Å². The minimum atomic E-state index is -1.31. The average molecular weight is 289 g/mol. The van der Waals surface area contributed by atoms with Gasteiger partial charge in [-0.3, -0.25) is 4.79 Å². The van der Waals surface area contributed by atoms with Crippen molar-refractivity contribution in [2.75, 3.05) is 6.61 Å². The highest BCUT2D eigenvalue weighted by molar-refractivity contribution is 9.10. The van der Waals surface area contributed by atoms with Crippen LogP contribution in [0.4, 0.5) is 0 Å². The Morgan fingerprint density at radius 2 is 2.19 bits per heavy atom. The molecule has 0 unspecified atom stereocenters. The zero-order valence-electron chi connectivity index (χ0n) is 8.05. The lowest BCUT2D eigenvalue weighted by molar-refractivity contribution is -0.140. The Balaban J connectivity index is 2.71. The fraction of sp³-hybridized carbons (Fsp3) is 0.222. The predicted molar refractivity (Wildman–Crippen MR) is 57.9 cm³/mol. The largest absolute Gasteiger partial charge is 0.480 e. The highest BCUT2D eigenvalue weighted by atomic mass is 79.9. The van der Waals surface area contributed by atoms with E-state index in [1.807, 2.05) is 0 Å². The standard InChI is InChI=1S/C9H9BrN2O4/c10-7-2-1-5(3-11-7)8(14)12-6(4-13)9(15)16/h1-3,6,13H,4H2,(H,12,14)(H,15,16)/t6-/m0/s1. The normalized spacial score (nSPS) is 11.9. The van der Waals surface area contributed by atoms with Crippen LogP contribution in [0.1, 0.15) is 10.4 Å². The fourth-order valence-corrected chi connectivity index (χ4v) is 1.17. The van der Waals surface area contributed by atoms with Gasteiger partial charge in [-0.15, -0.1) is 0 Å². The lowest BCUT2D eigenvalue weighted by atomic mass is 10.2. The molecule has 0 saturated heterocycles. The van der Waals surface area contributed by atoms with Crippen molar-refractivity contribution in [1.29, 1.82) is 0 Å². The summed E-state index contributed by atoms with van der Waals surface area (Å²) in [6, 6.07) is 1.74. The second kappa shape index (κ2) is 5.57. The fourth-order valence-electron chi connectivity index (χ4n) is 0.937. The number of nitrogens with one attached hydrogen (secondary N) is 1. The van der Waals surface area contributed by atoms with Gasteiger partial charge in [-0.05, 0) is 28.1 Å². The maximum Gasteiger partial charge on any atom is 0.328 e. The van der Waals surface area contributed by atoms with Gasteiger partial charge in [-0.2, -0.15) is 0 Å². The van der Waals surface area contributed by atoms with Crippen molar-refractivity contribution in [3.8, 4) is 0 Å². The number of nitrogens with zero attached hydrogens (tertiary/aromatic N) is 1. The molecule has 0 fully saturated rings. The van der Waals surface area contributed by atoms with Crippen LogP contribution in [0.3, 0.4) is 0 Å². The third-order valence-electron chi connectivity index (χ3n) is 1.78. The first-order chi connectivity index (χ1) is 7.54. The van der Waals surface area contributed by atoms with Crippen molar-refractivity contribution in [1.82, 2.24) is 10.3 Å². The molecule has 1 amide bonds. The number of hydrogen-bond acceptors (Lipinski definition) is 4. The first-order valence-electron chi connectivity index (χ1n) is 4.30. The number of hydrogen-bond donors (Lipinski definition) is 3. The van der Waals surface area contributed by atoms with Crippen molar-refractivity contribution >= 4 is 27.8 Å². The van der Waals surface area contributed by atoms with Crippen molar-refractivity contribution in [2.24, 2.45) is 0 Å². The molecule has 16 heavy (non-hydrogen) atoms. The molecule has 86 valence electrons. The number of aliphatic hydroxyl groups is 1. The van der Waals surface area contributed by atoms with Gasteiger partial charge < -0.3 is 15.5 Å². The van der Waals surface area contributed by atoms with Gasteiger partial charge in [-0.25, -0.2) is 9.78 Å². The van der Waals surface area contributed by atoms with Crippen LogP contribution in [-0.4, -0.2) is 39.7 Å². The van der Waals surface area contributed by atoms with Gasteiger partial charge in [-0.1, -0.05) is 0 Å². The Kier molecular flexibility index (Phi) is 4.39. The molecule has 3 N–H and O–H groups in total. The van der Waals surface area contributed by atoms with E-state index < -0.39 is 24.5 Å². The van der Waals surface area contributed by atoms with E-state index in [0.29, 0.717) is 4.60 Å². The quantitative estimate of drug-likeness (QED) is 0.679. The van der Waals surface area contributed by atoms with Gasteiger partial charge >= 0.3 is 5.97 Å². The molecule has 0 aliphatic rings. The van der Waals surface area contributed by atoms with E-state index >= 15 is 0 Å². The van der Waals surface area contributed by atoms with Gasteiger partial charge in [0, 0.05) is 6.20 Å². The van der Waals surface area contributed by atoms with E-state index in [2.05, 4.69) is 26.2 Å². The van der Waals surface area contributed by atoms with Crippen LogP contribution in [0.15, 0.2) is 22.9 Å². The van der Waals surface area contributed by atoms with Crippen LogP contribution in [-0.2, 0) is 4.79 Å². The summed E-state index contributed by atoms with van der Waals surface area (Å²) in [7, 11) is 0. The van der Waals surface area contributed by atoms with Gasteiger partial charge in [0.05, 0.1) is 12.2 Å². The smallest absolute Gasteiger partial charge is 0.328 e. The molecule has 1 rings (SSSR count). The molecule has 6 nitrogen and oxygen atoms in total. The summed E-state index contributed by atoms with van der Waals surface area (Å²) < 4.78 is 0.570. The molecular weight excluding hydrogens is 280 g/mol. The van der Waals surface area contributed by atoms with Gasteiger partial charge in [0.15, 0.2) is 6.04 Å². The topological polar surface area (TPSA) is 99.5 Å².